The third-order valence-electron chi connectivity index (χ3n) is 11.5. The Bertz CT molecular complexity index is 1050. The molecule has 0 amide bonds. The summed E-state index contributed by atoms with van der Waals surface area (Å²) in [6.07, 6.45) is 48.1. The Morgan fingerprint density at radius 3 is 1.21 bits per heavy atom. The zero-order chi connectivity index (χ0) is 45.0. The number of esters is 2. The number of phosphoric acid groups is 1. The summed E-state index contributed by atoms with van der Waals surface area (Å²) >= 11 is 0. The van der Waals surface area contributed by atoms with Crippen molar-refractivity contribution < 1.29 is 42.1 Å². The van der Waals surface area contributed by atoms with Gasteiger partial charge < -0.3 is 27.9 Å². The lowest BCUT2D eigenvalue weighted by Gasteiger charge is -2.28. The summed E-state index contributed by atoms with van der Waals surface area (Å²) in [7, 11) is 1.18. The molecule has 0 saturated carbocycles. The Morgan fingerprint density at radius 1 is 0.492 bits per heavy atom. The van der Waals surface area contributed by atoms with Crippen molar-refractivity contribution in [3.63, 3.8) is 0 Å². The highest BCUT2D eigenvalue weighted by molar-refractivity contribution is 7.45. The van der Waals surface area contributed by atoms with Crippen LogP contribution in [0.2, 0.25) is 0 Å². The van der Waals surface area contributed by atoms with E-state index in [2.05, 4.69) is 26.0 Å². The van der Waals surface area contributed by atoms with Gasteiger partial charge in [-0.2, -0.15) is 0 Å². The third-order valence-corrected chi connectivity index (χ3v) is 12.5. The minimum absolute atomic E-state index is 0.0277. The van der Waals surface area contributed by atoms with Crippen molar-refractivity contribution >= 4 is 19.8 Å². The largest absolute Gasteiger partial charge is 0.756 e. The molecular formula is C51H100NO8P. The minimum atomic E-state index is -4.62. The van der Waals surface area contributed by atoms with Gasteiger partial charge in [-0.1, -0.05) is 212 Å². The molecule has 0 aromatic heterocycles. The van der Waals surface area contributed by atoms with E-state index in [0.29, 0.717) is 17.4 Å². The number of ether oxygens (including phenoxy) is 2. The second kappa shape index (κ2) is 44.0. The quantitative estimate of drug-likeness (QED) is 0.0195. The molecule has 362 valence electrons. The number of hydrogen-bond donors (Lipinski definition) is 0. The van der Waals surface area contributed by atoms with Gasteiger partial charge in [-0.15, -0.1) is 0 Å². The van der Waals surface area contributed by atoms with Gasteiger partial charge in [-0.25, -0.2) is 0 Å². The van der Waals surface area contributed by atoms with Gasteiger partial charge >= 0.3 is 11.9 Å². The van der Waals surface area contributed by atoms with Gasteiger partial charge in [0.2, 0.25) is 0 Å². The molecule has 0 aliphatic rings. The van der Waals surface area contributed by atoms with Crippen LogP contribution in [0.3, 0.4) is 0 Å². The maximum absolute atomic E-state index is 12.7. The summed E-state index contributed by atoms with van der Waals surface area (Å²) in [6.45, 7) is 4.27. The van der Waals surface area contributed by atoms with E-state index in [-0.39, 0.29) is 32.0 Å². The smallest absolute Gasteiger partial charge is 0.306 e. The number of carbonyl (C=O) groups excluding carboxylic acids is 2. The third kappa shape index (κ3) is 48.1. The van der Waals surface area contributed by atoms with Gasteiger partial charge in [-0.05, 0) is 38.5 Å². The fourth-order valence-corrected chi connectivity index (χ4v) is 8.20. The number of phosphoric ester groups is 1. The number of quaternary nitrogens is 1. The van der Waals surface area contributed by atoms with Gasteiger partial charge in [0.15, 0.2) is 6.10 Å². The first-order valence-corrected chi connectivity index (χ1v) is 27.4. The van der Waals surface area contributed by atoms with Crippen LogP contribution in [-0.2, 0) is 32.7 Å². The molecule has 0 bridgehead atoms. The minimum Gasteiger partial charge on any atom is -0.756 e. The fourth-order valence-electron chi connectivity index (χ4n) is 7.48. The molecule has 0 fully saturated rings. The van der Waals surface area contributed by atoms with Gasteiger partial charge in [0.25, 0.3) is 7.82 Å². The summed E-state index contributed by atoms with van der Waals surface area (Å²) < 4.78 is 34.1. The molecule has 0 aromatic rings. The maximum atomic E-state index is 12.7. The first kappa shape index (κ1) is 59.8. The standard InChI is InChI=1S/C51H100NO8P/c1-6-8-10-12-14-16-18-20-22-24-26-28-30-32-34-36-38-40-42-44-51(54)60-49(48-59-61(55,56)58-46-45-52(3,4)5)47-57-50(53)43-41-39-37-35-33-31-29-27-25-23-21-19-17-15-13-11-9-7-2/h20,22,49H,6-19,21,23-48H2,1-5H3/b22-20+/t49-/m1/s1. The Balaban J connectivity index is 4.22. The lowest BCUT2D eigenvalue weighted by atomic mass is 10.0. The first-order chi connectivity index (χ1) is 29.5. The summed E-state index contributed by atoms with van der Waals surface area (Å²) in [4.78, 5) is 37.7. The average molecular weight is 886 g/mol. The van der Waals surface area contributed by atoms with Crippen LogP contribution in [-0.4, -0.2) is 70.0 Å². The fraction of sp³-hybridized carbons (Fsp3) is 0.922. The molecule has 0 spiro atoms. The van der Waals surface area contributed by atoms with E-state index in [1.54, 1.807) is 0 Å². The van der Waals surface area contributed by atoms with E-state index in [4.69, 9.17) is 18.5 Å². The number of allylic oxidation sites excluding steroid dienone is 2. The lowest BCUT2D eigenvalue weighted by molar-refractivity contribution is -0.870. The van der Waals surface area contributed by atoms with E-state index in [1.165, 1.54) is 180 Å². The van der Waals surface area contributed by atoms with Crippen molar-refractivity contribution in [2.75, 3.05) is 47.5 Å². The molecule has 0 aromatic carbocycles. The van der Waals surface area contributed by atoms with Crippen molar-refractivity contribution in [2.45, 2.75) is 258 Å². The highest BCUT2D eigenvalue weighted by Gasteiger charge is 2.21. The van der Waals surface area contributed by atoms with E-state index in [9.17, 15) is 19.0 Å². The van der Waals surface area contributed by atoms with Crippen LogP contribution in [0.5, 0.6) is 0 Å². The second-order valence-corrected chi connectivity index (χ2v) is 20.3. The molecule has 0 N–H and O–H groups in total. The molecule has 0 radical (unpaired) electrons. The molecular weight excluding hydrogens is 786 g/mol. The molecule has 2 atom stereocenters. The first-order valence-electron chi connectivity index (χ1n) is 25.9. The summed E-state index contributed by atoms with van der Waals surface area (Å²) in [5.41, 5.74) is 0. The van der Waals surface area contributed by atoms with Crippen molar-refractivity contribution in [3.8, 4) is 0 Å². The Hall–Kier alpha value is -1.25. The van der Waals surface area contributed by atoms with Gasteiger partial charge in [0.1, 0.15) is 19.8 Å². The summed E-state index contributed by atoms with van der Waals surface area (Å²) in [6, 6.07) is 0. The average Bonchev–Trinajstić information content (AvgIpc) is 3.21. The Kier molecular flexibility index (Phi) is 43.1. The number of carbonyl (C=O) groups is 2. The van der Waals surface area contributed by atoms with Crippen molar-refractivity contribution in [1.29, 1.82) is 0 Å². The van der Waals surface area contributed by atoms with Crippen LogP contribution in [0.25, 0.3) is 0 Å². The van der Waals surface area contributed by atoms with Crippen molar-refractivity contribution in [3.05, 3.63) is 12.2 Å². The number of rotatable bonds is 48. The highest BCUT2D eigenvalue weighted by atomic mass is 31.2. The van der Waals surface area contributed by atoms with E-state index >= 15 is 0 Å². The number of likely N-dealkylation sites (N-methyl/N-ethyl adjacent to an activating group) is 1. The topological polar surface area (TPSA) is 111 Å². The normalized spacial score (nSPS) is 13.5. The van der Waals surface area contributed by atoms with Crippen molar-refractivity contribution in [1.82, 2.24) is 0 Å². The van der Waals surface area contributed by atoms with Gasteiger partial charge in [0, 0.05) is 12.8 Å². The molecule has 1 unspecified atom stereocenters. The number of hydrogen-bond acceptors (Lipinski definition) is 8. The second-order valence-electron chi connectivity index (χ2n) is 18.9. The van der Waals surface area contributed by atoms with Crippen LogP contribution in [0.4, 0.5) is 0 Å². The molecule has 0 aliphatic heterocycles. The zero-order valence-corrected chi connectivity index (χ0v) is 41.8. The summed E-state index contributed by atoms with van der Waals surface area (Å²) in [5.74, 6) is -0.821. The van der Waals surface area contributed by atoms with Crippen LogP contribution in [0, 0.1) is 0 Å². The molecule has 0 rings (SSSR count). The number of nitrogens with zero attached hydrogens (tertiary/aromatic N) is 1. The van der Waals surface area contributed by atoms with Crippen LogP contribution >= 0.6 is 7.82 Å². The predicted molar refractivity (Wildman–Crippen MR) is 255 cm³/mol. The van der Waals surface area contributed by atoms with E-state index in [1.807, 2.05) is 21.1 Å². The van der Waals surface area contributed by atoms with E-state index in [0.717, 1.165) is 38.5 Å². The lowest BCUT2D eigenvalue weighted by Crippen LogP contribution is -2.37. The molecule has 9 nitrogen and oxygen atoms in total. The van der Waals surface area contributed by atoms with Crippen LogP contribution < -0.4 is 4.89 Å². The molecule has 0 saturated heterocycles. The summed E-state index contributed by atoms with van der Waals surface area (Å²) in [5, 5.41) is 0. The zero-order valence-electron chi connectivity index (χ0n) is 40.9. The Morgan fingerprint density at radius 2 is 0.836 bits per heavy atom. The van der Waals surface area contributed by atoms with Gasteiger partial charge in [0.05, 0.1) is 27.7 Å². The van der Waals surface area contributed by atoms with Gasteiger partial charge in [-0.3, -0.25) is 14.2 Å². The SMILES string of the molecule is CCCCCCCC/C=C/CCCCCCCCCCCC(=O)O[C@H](COC(=O)CCCCCCCCCCCCCCCCCCCC)COP(=O)([O-])OCC[N+](C)(C)C. The van der Waals surface area contributed by atoms with Crippen molar-refractivity contribution in [2.24, 2.45) is 0 Å². The van der Waals surface area contributed by atoms with Crippen LogP contribution in [0.1, 0.15) is 251 Å². The molecule has 0 aliphatic carbocycles. The molecule has 61 heavy (non-hydrogen) atoms. The van der Waals surface area contributed by atoms with Crippen LogP contribution in [0.15, 0.2) is 12.2 Å². The maximum Gasteiger partial charge on any atom is 0.306 e. The monoisotopic (exact) mass is 886 g/mol. The number of unbranched alkanes of at least 4 members (excludes halogenated alkanes) is 32. The Labute approximate surface area is 377 Å². The molecule has 0 heterocycles. The predicted octanol–water partition coefficient (Wildman–Crippen LogP) is 14.7. The van der Waals surface area contributed by atoms with E-state index < -0.39 is 26.5 Å². The highest BCUT2D eigenvalue weighted by Crippen LogP contribution is 2.38. The molecule has 10 heteroatoms.